The highest BCUT2D eigenvalue weighted by molar-refractivity contribution is 5.88. The van der Waals surface area contributed by atoms with E-state index in [2.05, 4.69) is 5.32 Å². The molecule has 3 rings (SSSR count). The SMILES string of the molecule is COc1ccc2ccccc2c1[C@H](C(F)F)N1CCNCC1.Cl.Cl. The fourth-order valence-electron chi connectivity index (χ4n) is 3.19. The van der Waals surface area contributed by atoms with Crippen LogP contribution in [0, 0.1) is 0 Å². The molecule has 0 spiro atoms. The van der Waals surface area contributed by atoms with Crippen molar-refractivity contribution in [3.8, 4) is 5.75 Å². The van der Waals surface area contributed by atoms with Gasteiger partial charge in [0.25, 0.3) is 6.43 Å². The molecule has 0 saturated carbocycles. The Bertz CT molecular complexity index is 652. The zero-order valence-corrected chi connectivity index (χ0v) is 15.0. The monoisotopic (exact) mass is 378 g/mol. The molecule has 3 nitrogen and oxygen atoms in total. The number of hydrogen-bond donors (Lipinski definition) is 1. The molecule has 0 aliphatic carbocycles. The molecule has 24 heavy (non-hydrogen) atoms. The van der Waals surface area contributed by atoms with Crippen LogP contribution < -0.4 is 10.1 Å². The highest BCUT2D eigenvalue weighted by Crippen LogP contribution is 2.39. The highest BCUT2D eigenvalue weighted by atomic mass is 35.5. The molecule has 1 aliphatic rings. The molecule has 1 aliphatic heterocycles. The van der Waals surface area contributed by atoms with Gasteiger partial charge < -0.3 is 10.1 Å². The van der Waals surface area contributed by atoms with Gasteiger partial charge in [-0.2, -0.15) is 0 Å². The molecule has 1 N–H and O–H groups in total. The number of hydrogen-bond acceptors (Lipinski definition) is 3. The Kier molecular flexibility index (Phi) is 8.16. The number of piperazine rings is 1. The van der Waals surface area contributed by atoms with Crippen molar-refractivity contribution >= 4 is 35.6 Å². The van der Waals surface area contributed by atoms with Crippen molar-refractivity contribution in [2.45, 2.75) is 12.5 Å². The number of nitrogens with one attached hydrogen (secondary N) is 1. The standard InChI is InChI=1S/C17H20F2N2O.2ClH/c1-22-14-7-6-12-4-2-3-5-13(12)15(14)16(17(18)19)21-10-8-20-9-11-21;;/h2-7,16-17,20H,8-11H2,1H3;2*1H/t16-;;/m1../s1. The Hall–Kier alpha value is -1.14. The molecule has 1 heterocycles. The van der Waals surface area contributed by atoms with E-state index in [1.54, 1.807) is 6.07 Å². The predicted octanol–water partition coefficient (Wildman–Crippen LogP) is 3.90. The Morgan fingerprint density at radius 2 is 1.71 bits per heavy atom. The lowest BCUT2D eigenvalue weighted by molar-refractivity contribution is 0.0178. The third kappa shape index (κ3) is 4.09. The van der Waals surface area contributed by atoms with Gasteiger partial charge in [-0.1, -0.05) is 30.3 Å². The zero-order valence-electron chi connectivity index (χ0n) is 13.4. The molecule has 134 valence electrons. The summed E-state index contributed by atoms with van der Waals surface area (Å²) < 4.78 is 33.2. The minimum atomic E-state index is -2.46. The summed E-state index contributed by atoms with van der Waals surface area (Å²) in [5.41, 5.74) is 0.595. The lowest BCUT2D eigenvalue weighted by Crippen LogP contribution is -2.47. The van der Waals surface area contributed by atoms with Crippen LogP contribution >= 0.6 is 24.8 Å². The first-order valence-corrected chi connectivity index (χ1v) is 7.51. The van der Waals surface area contributed by atoms with Crippen LogP contribution in [0.3, 0.4) is 0 Å². The summed E-state index contributed by atoms with van der Waals surface area (Å²) in [6, 6.07) is 10.4. The van der Waals surface area contributed by atoms with Crippen LogP contribution in [-0.4, -0.2) is 44.6 Å². The summed E-state index contributed by atoms with van der Waals surface area (Å²) in [6.07, 6.45) is -2.46. The van der Waals surface area contributed by atoms with E-state index in [0.717, 1.165) is 23.9 Å². The molecule has 2 aromatic rings. The minimum absolute atomic E-state index is 0. The van der Waals surface area contributed by atoms with E-state index in [4.69, 9.17) is 4.74 Å². The number of benzene rings is 2. The average molecular weight is 379 g/mol. The van der Waals surface area contributed by atoms with Crippen LogP contribution in [0.15, 0.2) is 36.4 Å². The summed E-state index contributed by atoms with van der Waals surface area (Å²) in [6.45, 7) is 2.69. The van der Waals surface area contributed by atoms with Gasteiger partial charge in [0.15, 0.2) is 0 Å². The molecule has 1 saturated heterocycles. The molecule has 2 aromatic carbocycles. The predicted molar refractivity (Wildman–Crippen MR) is 98.2 cm³/mol. The lowest BCUT2D eigenvalue weighted by atomic mass is 9.96. The van der Waals surface area contributed by atoms with Crippen molar-refractivity contribution in [3.63, 3.8) is 0 Å². The second kappa shape index (κ2) is 9.37. The van der Waals surface area contributed by atoms with Crippen molar-refractivity contribution in [3.05, 3.63) is 42.0 Å². The van der Waals surface area contributed by atoms with Crippen molar-refractivity contribution < 1.29 is 13.5 Å². The number of nitrogens with zero attached hydrogens (tertiary/aromatic N) is 1. The maximum absolute atomic E-state index is 13.9. The second-order valence-electron chi connectivity index (χ2n) is 5.47. The van der Waals surface area contributed by atoms with E-state index in [-0.39, 0.29) is 24.8 Å². The van der Waals surface area contributed by atoms with Gasteiger partial charge in [0, 0.05) is 31.7 Å². The smallest absolute Gasteiger partial charge is 0.258 e. The Morgan fingerprint density at radius 3 is 2.33 bits per heavy atom. The van der Waals surface area contributed by atoms with E-state index in [1.165, 1.54) is 7.11 Å². The summed E-state index contributed by atoms with van der Waals surface area (Å²) in [4.78, 5) is 1.85. The molecule has 0 bridgehead atoms. The van der Waals surface area contributed by atoms with Gasteiger partial charge >= 0.3 is 0 Å². The van der Waals surface area contributed by atoms with E-state index in [0.29, 0.717) is 24.4 Å². The van der Waals surface area contributed by atoms with Crippen molar-refractivity contribution in [2.75, 3.05) is 33.3 Å². The largest absolute Gasteiger partial charge is 0.496 e. The van der Waals surface area contributed by atoms with Gasteiger partial charge in [0.05, 0.1) is 7.11 Å². The molecule has 1 fully saturated rings. The summed E-state index contributed by atoms with van der Waals surface area (Å²) in [7, 11) is 1.54. The van der Waals surface area contributed by atoms with Gasteiger partial charge in [0.2, 0.25) is 0 Å². The van der Waals surface area contributed by atoms with Crippen molar-refractivity contribution in [1.82, 2.24) is 10.2 Å². The number of ether oxygens (including phenoxy) is 1. The molecule has 0 radical (unpaired) electrons. The van der Waals surface area contributed by atoms with Crippen LogP contribution in [0.25, 0.3) is 10.8 Å². The Balaban J connectivity index is 0.00000144. The van der Waals surface area contributed by atoms with Crippen molar-refractivity contribution in [1.29, 1.82) is 0 Å². The minimum Gasteiger partial charge on any atom is -0.496 e. The molecule has 0 unspecified atom stereocenters. The Morgan fingerprint density at radius 1 is 1.04 bits per heavy atom. The van der Waals surface area contributed by atoms with E-state index >= 15 is 0 Å². The first kappa shape index (κ1) is 20.9. The number of halogens is 4. The lowest BCUT2D eigenvalue weighted by Gasteiger charge is -2.35. The average Bonchev–Trinajstić information content (AvgIpc) is 2.56. The molecular weight excluding hydrogens is 357 g/mol. The molecule has 0 aromatic heterocycles. The molecular formula is C17H22Cl2F2N2O. The first-order chi connectivity index (χ1) is 10.7. The number of alkyl halides is 2. The van der Waals surface area contributed by atoms with E-state index in [9.17, 15) is 8.78 Å². The van der Waals surface area contributed by atoms with Crippen LogP contribution in [0.4, 0.5) is 8.78 Å². The van der Waals surface area contributed by atoms with E-state index in [1.807, 2.05) is 35.2 Å². The van der Waals surface area contributed by atoms with Gasteiger partial charge in [-0.15, -0.1) is 24.8 Å². The van der Waals surface area contributed by atoms with Crippen LogP contribution in [0.2, 0.25) is 0 Å². The van der Waals surface area contributed by atoms with Crippen LogP contribution in [-0.2, 0) is 0 Å². The van der Waals surface area contributed by atoms with Crippen molar-refractivity contribution in [2.24, 2.45) is 0 Å². The van der Waals surface area contributed by atoms with E-state index < -0.39 is 12.5 Å². The second-order valence-corrected chi connectivity index (χ2v) is 5.47. The number of fused-ring (bicyclic) bond motifs is 1. The maximum Gasteiger partial charge on any atom is 0.258 e. The normalized spacial score (nSPS) is 16.3. The summed E-state index contributed by atoms with van der Waals surface area (Å²) in [5, 5.41) is 5.00. The van der Waals surface area contributed by atoms with Gasteiger partial charge in [-0.3, -0.25) is 4.90 Å². The fraction of sp³-hybridized carbons (Fsp3) is 0.412. The molecule has 0 amide bonds. The number of methoxy groups -OCH3 is 1. The fourth-order valence-corrected chi connectivity index (χ4v) is 3.19. The van der Waals surface area contributed by atoms with Gasteiger partial charge in [-0.25, -0.2) is 8.78 Å². The zero-order chi connectivity index (χ0) is 15.5. The summed E-state index contributed by atoms with van der Waals surface area (Å²) >= 11 is 0. The molecule has 1 atom stereocenters. The highest BCUT2D eigenvalue weighted by Gasteiger charge is 2.33. The first-order valence-electron chi connectivity index (χ1n) is 7.51. The quantitative estimate of drug-likeness (QED) is 0.872. The van der Waals surface area contributed by atoms with Crippen LogP contribution in [0.5, 0.6) is 5.75 Å². The van der Waals surface area contributed by atoms with Crippen LogP contribution in [0.1, 0.15) is 11.6 Å². The Labute approximate surface area is 153 Å². The maximum atomic E-state index is 13.9. The third-order valence-electron chi connectivity index (χ3n) is 4.23. The van der Waals surface area contributed by atoms with Gasteiger partial charge in [0.1, 0.15) is 11.8 Å². The van der Waals surface area contributed by atoms with Gasteiger partial charge in [-0.05, 0) is 16.8 Å². The molecule has 7 heteroatoms. The summed E-state index contributed by atoms with van der Waals surface area (Å²) in [5.74, 6) is 0.530. The topological polar surface area (TPSA) is 24.5 Å². The third-order valence-corrected chi connectivity index (χ3v) is 4.23. The number of rotatable bonds is 4.